The zero-order valence-corrected chi connectivity index (χ0v) is 13.0. The van der Waals surface area contributed by atoms with Gasteiger partial charge in [-0.15, -0.1) is 0 Å². The van der Waals surface area contributed by atoms with Crippen molar-refractivity contribution in [1.82, 2.24) is 15.0 Å². The average Bonchev–Trinajstić information content (AvgIpc) is 2.44. The molecule has 10 nitrogen and oxygen atoms in total. The van der Waals surface area contributed by atoms with Gasteiger partial charge in [0.05, 0.1) is 0 Å². The van der Waals surface area contributed by atoms with Gasteiger partial charge in [0.25, 0.3) is 0 Å². The van der Waals surface area contributed by atoms with E-state index in [-0.39, 0.29) is 19.5 Å². The number of hydrogen-bond acceptors (Lipinski definition) is 10. The molecule has 10 heteroatoms. The highest BCUT2D eigenvalue weighted by atomic mass is 15.4. The molecule has 0 aliphatic heterocycles. The Kier molecular flexibility index (Phi) is 6.92. The second kappa shape index (κ2) is 8.72. The summed E-state index contributed by atoms with van der Waals surface area (Å²) < 4.78 is 0. The van der Waals surface area contributed by atoms with Gasteiger partial charge in [0.15, 0.2) is 13.3 Å². The highest BCUT2D eigenvalue weighted by Gasteiger charge is 2.12. The summed E-state index contributed by atoms with van der Waals surface area (Å²) in [7, 11) is 3.43. The van der Waals surface area contributed by atoms with Crippen LogP contribution in [0.5, 0.6) is 0 Å². The maximum Gasteiger partial charge on any atom is 0.230 e. The summed E-state index contributed by atoms with van der Waals surface area (Å²) in [4.78, 5) is 14.5. The third-order valence-electron chi connectivity index (χ3n) is 2.47. The van der Waals surface area contributed by atoms with Crippen molar-refractivity contribution in [2.75, 3.05) is 32.3 Å². The maximum atomic E-state index is 4.27. The van der Waals surface area contributed by atoms with Crippen molar-refractivity contribution in [3.8, 4) is 0 Å². The van der Waals surface area contributed by atoms with E-state index in [0.717, 1.165) is 0 Å². The number of aromatic nitrogens is 3. The fourth-order valence-corrected chi connectivity index (χ4v) is 1.36. The van der Waals surface area contributed by atoms with Gasteiger partial charge in [-0.25, -0.2) is 4.98 Å². The molecule has 0 fully saturated rings. The van der Waals surface area contributed by atoms with Gasteiger partial charge >= 0.3 is 0 Å². The van der Waals surface area contributed by atoms with E-state index in [1.54, 1.807) is 7.05 Å². The summed E-state index contributed by atoms with van der Waals surface area (Å²) in [6, 6.07) is 0. The summed E-state index contributed by atoms with van der Waals surface area (Å²) in [6.07, 6.45) is -0.211. The molecular weight excluding hydrogens is 272 g/mol. The number of nitrogens with zero attached hydrogens (tertiary/aromatic N) is 10. The molecule has 1 aromatic rings. The fourth-order valence-electron chi connectivity index (χ4n) is 1.36. The third kappa shape index (κ3) is 6.06. The fraction of sp³-hybridized carbons (Fsp3) is 0.727. The lowest BCUT2D eigenvalue weighted by Crippen LogP contribution is -2.29. The molecule has 1 heterocycles. The lowest BCUT2D eigenvalue weighted by atomic mass is 10.5. The molecule has 0 N–H and O–H groups in total. The number of anilines is 1. The van der Waals surface area contributed by atoms with E-state index in [1.807, 2.05) is 32.7 Å². The molecule has 0 aromatic carbocycles. The summed E-state index contributed by atoms with van der Waals surface area (Å²) >= 11 is 0. The van der Waals surface area contributed by atoms with Gasteiger partial charge in [0, 0.05) is 14.1 Å². The SMILES string of the molecule is CN=NCN=NCN=NC(C)N(C)c1nc(C)nc(C)n1. The largest absolute Gasteiger partial charge is 0.320 e. The Morgan fingerprint density at radius 2 is 1.52 bits per heavy atom. The molecular formula is C11H20N10. The zero-order valence-electron chi connectivity index (χ0n) is 13.0. The molecule has 0 radical (unpaired) electrons. The molecule has 1 unspecified atom stereocenters. The number of hydrogen-bond donors (Lipinski definition) is 0. The molecule has 1 atom stereocenters. The first-order chi connectivity index (χ1) is 10.0. The van der Waals surface area contributed by atoms with Gasteiger partial charge in [-0.1, -0.05) is 0 Å². The van der Waals surface area contributed by atoms with Gasteiger partial charge in [-0.05, 0) is 20.8 Å². The van der Waals surface area contributed by atoms with E-state index in [2.05, 4.69) is 45.6 Å². The number of rotatable bonds is 7. The molecule has 1 aromatic heterocycles. The van der Waals surface area contributed by atoms with Crippen LogP contribution in [0.3, 0.4) is 0 Å². The van der Waals surface area contributed by atoms with Crippen LogP contribution in [0, 0.1) is 13.8 Å². The van der Waals surface area contributed by atoms with Crippen molar-refractivity contribution < 1.29 is 0 Å². The molecule has 0 saturated carbocycles. The van der Waals surface area contributed by atoms with Gasteiger partial charge in [0.1, 0.15) is 17.8 Å². The van der Waals surface area contributed by atoms with Crippen molar-refractivity contribution in [3.05, 3.63) is 11.6 Å². The molecule has 0 amide bonds. The quantitative estimate of drug-likeness (QED) is 0.716. The minimum atomic E-state index is -0.211. The normalized spacial score (nSPS) is 13.6. The molecule has 1 rings (SSSR count). The predicted octanol–water partition coefficient (Wildman–Crippen LogP) is 2.17. The Morgan fingerprint density at radius 1 is 0.952 bits per heavy atom. The van der Waals surface area contributed by atoms with Crippen LogP contribution in [-0.2, 0) is 0 Å². The van der Waals surface area contributed by atoms with Crippen LogP contribution in [0.15, 0.2) is 30.7 Å². The third-order valence-corrected chi connectivity index (χ3v) is 2.47. The molecule has 0 aliphatic rings. The molecule has 0 spiro atoms. The van der Waals surface area contributed by atoms with E-state index >= 15 is 0 Å². The Labute approximate surface area is 123 Å². The van der Waals surface area contributed by atoms with Crippen LogP contribution in [0.25, 0.3) is 0 Å². The Bertz CT molecular complexity index is 503. The first-order valence-electron chi connectivity index (χ1n) is 6.42. The first kappa shape index (κ1) is 16.7. The van der Waals surface area contributed by atoms with Crippen molar-refractivity contribution in [1.29, 1.82) is 0 Å². The van der Waals surface area contributed by atoms with E-state index in [1.165, 1.54) is 0 Å². The second-order valence-electron chi connectivity index (χ2n) is 4.14. The van der Waals surface area contributed by atoms with Gasteiger partial charge in [-0.2, -0.15) is 40.7 Å². The minimum absolute atomic E-state index is 0.159. The van der Waals surface area contributed by atoms with Crippen molar-refractivity contribution in [3.63, 3.8) is 0 Å². The topological polar surface area (TPSA) is 116 Å². The van der Waals surface area contributed by atoms with Crippen LogP contribution in [0.4, 0.5) is 5.95 Å². The maximum absolute atomic E-state index is 4.27. The summed E-state index contributed by atoms with van der Waals surface area (Å²) in [5.41, 5.74) is 0. The van der Waals surface area contributed by atoms with Gasteiger partial charge in [0.2, 0.25) is 5.95 Å². The second-order valence-corrected chi connectivity index (χ2v) is 4.14. The Morgan fingerprint density at radius 3 is 2.10 bits per heavy atom. The molecule has 0 bridgehead atoms. The number of aryl methyl sites for hydroxylation is 2. The molecule has 0 aliphatic carbocycles. The van der Waals surface area contributed by atoms with Crippen LogP contribution in [0.2, 0.25) is 0 Å². The van der Waals surface area contributed by atoms with E-state index in [4.69, 9.17) is 0 Å². The minimum Gasteiger partial charge on any atom is -0.320 e. The van der Waals surface area contributed by atoms with Crippen LogP contribution >= 0.6 is 0 Å². The van der Waals surface area contributed by atoms with E-state index < -0.39 is 0 Å². The monoisotopic (exact) mass is 292 g/mol. The zero-order chi connectivity index (χ0) is 15.7. The standard InChI is InChI=1S/C11H20N10/c1-8-17-9(2)19-11(18-8)21(5)10(3)20-16-7-15-14-6-13-12-4/h10H,6-7H2,1-5H3. The molecule has 0 saturated heterocycles. The lowest BCUT2D eigenvalue weighted by molar-refractivity contribution is 0.640. The van der Waals surface area contributed by atoms with E-state index in [0.29, 0.717) is 17.6 Å². The first-order valence-corrected chi connectivity index (χ1v) is 6.42. The van der Waals surface area contributed by atoms with Crippen LogP contribution in [-0.4, -0.2) is 48.6 Å². The number of azo groups is 3. The van der Waals surface area contributed by atoms with Gasteiger partial charge < -0.3 is 4.90 Å². The van der Waals surface area contributed by atoms with Crippen LogP contribution < -0.4 is 4.90 Å². The highest BCUT2D eigenvalue weighted by Crippen LogP contribution is 2.10. The average molecular weight is 292 g/mol. The summed E-state index contributed by atoms with van der Waals surface area (Å²) in [5, 5.41) is 22.8. The Hall–Kier alpha value is -2.39. The van der Waals surface area contributed by atoms with Crippen molar-refractivity contribution in [2.24, 2.45) is 30.7 Å². The van der Waals surface area contributed by atoms with Gasteiger partial charge in [-0.3, -0.25) is 0 Å². The van der Waals surface area contributed by atoms with Crippen LogP contribution in [0.1, 0.15) is 18.6 Å². The predicted molar refractivity (Wildman–Crippen MR) is 77.4 cm³/mol. The lowest BCUT2D eigenvalue weighted by Gasteiger charge is -2.20. The van der Waals surface area contributed by atoms with Crippen molar-refractivity contribution in [2.45, 2.75) is 26.9 Å². The van der Waals surface area contributed by atoms with E-state index in [9.17, 15) is 0 Å². The molecule has 21 heavy (non-hydrogen) atoms. The Balaban J connectivity index is 2.54. The summed E-state index contributed by atoms with van der Waals surface area (Å²) in [6.45, 7) is 5.91. The highest BCUT2D eigenvalue weighted by molar-refractivity contribution is 5.29. The van der Waals surface area contributed by atoms with Crippen molar-refractivity contribution >= 4 is 5.95 Å². The summed E-state index contributed by atoms with van der Waals surface area (Å²) in [5.74, 6) is 1.91. The smallest absolute Gasteiger partial charge is 0.230 e. The molecule has 114 valence electrons.